The van der Waals surface area contributed by atoms with Gasteiger partial charge in [-0.25, -0.2) is 0 Å². The van der Waals surface area contributed by atoms with Crippen LogP contribution < -0.4 is 0 Å². The van der Waals surface area contributed by atoms with E-state index in [0.717, 1.165) is 6.42 Å². The van der Waals surface area contributed by atoms with E-state index in [1.54, 1.807) is 0 Å². The maximum Gasteiger partial charge on any atom is 0.0409 e. The molecular weight excluding hydrogens is 250 g/mol. The van der Waals surface area contributed by atoms with Crippen LogP contribution in [-0.2, 0) is 6.42 Å². The topological polar surface area (TPSA) is 12.9 Å². The lowest BCUT2D eigenvalue weighted by molar-refractivity contribution is 0.547. The van der Waals surface area contributed by atoms with Crippen LogP contribution in [0.3, 0.4) is 0 Å². The maximum atomic E-state index is 4.36. The summed E-state index contributed by atoms with van der Waals surface area (Å²) in [7, 11) is 0. The number of nitrogens with zero attached hydrogens (tertiary/aromatic N) is 1. The minimum absolute atomic E-state index is 0.610. The van der Waals surface area contributed by atoms with Crippen molar-refractivity contribution in [2.75, 3.05) is 0 Å². The molecule has 1 atom stereocenters. The van der Waals surface area contributed by atoms with Crippen LogP contribution >= 0.6 is 15.9 Å². The van der Waals surface area contributed by atoms with E-state index < -0.39 is 0 Å². The molecule has 0 fully saturated rings. The zero-order valence-corrected chi connectivity index (χ0v) is 10.8. The third-order valence-electron chi connectivity index (χ3n) is 2.47. The molecule has 0 radical (unpaired) electrons. The SMILES string of the molecule is CCCCC(C=CBr)Cc1ccccn1. The predicted molar refractivity (Wildman–Crippen MR) is 69.0 cm³/mol. The van der Waals surface area contributed by atoms with E-state index in [-0.39, 0.29) is 0 Å². The molecule has 1 aromatic heterocycles. The van der Waals surface area contributed by atoms with Crippen molar-refractivity contribution in [2.24, 2.45) is 5.92 Å². The van der Waals surface area contributed by atoms with E-state index in [4.69, 9.17) is 0 Å². The summed E-state index contributed by atoms with van der Waals surface area (Å²) in [5.74, 6) is 0.610. The van der Waals surface area contributed by atoms with E-state index in [0.29, 0.717) is 5.92 Å². The summed E-state index contributed by atoms with van der Waals surface area (Å²) < 4.78 is 0. The zero-order chi connectivity index (χ0) is 10.9. The Morgan fingerprint density at radius 1 is 1.47 bits per heavy atom. The molecule has 0 spiro atoms. The Kier molecular flexibility index (Phi) is 6.33. The van der Waals surface area contributed by atoms with Gasteiger partial charge in [-0.05, 0) is 35.9 Å². The second-order valence-electron chi connectivity index (χ2n) is 3.75. The Bertz CT molecular complexity index is 282. The molecule has 1 aromatic rings. The first-order chi connectivity index (χ1) is 7.36. The highest BCUT2D eigenvalue weighted by Gasteiger charge is 2.05. The normalized spacial score (nSPS) is 13.2. The van der Waals surface area contributed by atoms with Crippen molar-refractivity contribution in [3.8, 4) is 0 Å². The summed E-state index contributed by atoms with van der Waals surface area (Å²) in [6, 6.07) is 6.11. The molecule has 1 rings (SSSR count). The van der Waals surface area contributed by atoms with Crippen LogP contribution in [0.2, 0.25) is 0 Å². The van der Waals surface area contributed by atoms with Crippen molar-refractivity contribution in [1.29, 1.82) is 0 Å². The van der Waals surface area contributed by atoms with Gasteiger partial charge < -0.3 is 0 Å². The van der Waals surface area contributed by atoms with Gasteiger partial charge in [-0.3, -0.25) is 4.98 Å². The molecule has 1 heterocycles. The summed E-state index contributed by atoms with van der Waals surface area (Å²) in [6.07, 6.45) is 8.93. The number of aromatic nitrogens is 1. The van der Waals surface area contributed by atoms with Gasteiger partial charge in [-0.15, -0.1) is 0 Å². The van der Waals surface area contributed by atoms with Gasteiger partial charge >= 0.3 is 0 Å². The van der Waals surface area contributed by atoms with Crippen molar-refractivity contribution in [3.63, 3.8) is 0 Å². The molecule has 0 aliphatic carbocycles. The van der Waals surface area contributed by atoms with Crippen molar-refractivity contribution in [1.82, 2.24) is 4.98 Å². The summed E-state index contributed by atoms with van der Waals surface area (Å²) in [4.78, 5) is 6.33. The first-order valence-electron chi connectivity index (χ1n) is 5.53. The first-order valence-corrected chi connectivity index (χ1v) is 6.45. The fourth-order valence-corrected chi connectivity index (χ4v) is 2.05. The highest BCUT2D eigenvalue weighted by molar-refractivity contribution is 9.11. The number of hydrogen-bond acceptors (Lipinski definition) is 1. The Morgan fingerprint density at radius 2 is 2.33 bits per heavy atom. The second kappa shape index (κ2) is 7.63. The highest BCUT2D eigenvalue weighted by atomic mass is 79.9. The van der Waals surface area contributed by atoms with Gasteiger partial charge in [0.1, 0.15) is 0 Å². The Morgan fingerprint density at radius 3 is 2.93 bits per heavy atom. The van der Waals surface area contributed by atoms with Crippen LogP contribution in [-0.4, -0.2) is 4.98 Å². The van der Waals surface area contributed by atoms with E-state index in [1.807, 2.05) is 17.2 Å². The van der Waals surface area contributed by atoms with Crippen LogP contribution in [0.5, 0.6) is 0 Å². The van der Waals surface area contributed by atoms with Gasteiger partial charge in [0.15, 0.2) is 0 Å². The fourth-order valence-electron chi connectivity index (χ4n) is 1.62. The largest absolute Gasteiger partial charge is 0.261 e. The number of halogens is 1. The molecule has 0 bridgehead atoms. The van der Waals surface area contributed by atoms with Crippen molar-refractivity contribution < 1.29 is 0 Å². The molecule has 0 aromatic carbocycles. The predicted octanol–water partition coefficient (Wildman–Crippen LogP) is 4.34. The van der Waals surface area contributed by atoms with E-state index in [1.165, 1.54) is 25.0 Å². The average molecular weight is 268 g/mol. The lowest BCUT2D eigenvalue weighted by atomic mass is 9.97. The molecule has 82 valence electrons. The molecule has 1 nitrogen and oxygen atoms in total. The lowest BCUT2D eigenvalue weighted by Gasteiger charge is -2.11. The van der Waals surface area contributed by atoms with Crippen LogP contribution in [0, 0.1) is 5.92 Å². The molecule has 2 heteroatoms. The van der Waals surface area contributed by atoms with Gasteiger partial charge in [0.25, 0.3) is 0 Å². The van der Waals surface area contributed by atoms with E-state index >= 15 is 0 Å². The zero-order valence-electron chi connectivity index (χ0n) is 9.20. The first kappa shape index (κ1) is 12.4. The molecule has 1 unspecified atom stereocenters. The quantitative estimate of drug-likeness (QED) is 0.747. The van der Waals surface area contributed by atoms with Gasteiger partial charge in [0.2, 0.25) is 0 Å². The van der Waals surface area contributed by atoms with Gasteiger partial charge in [-0.2, -0.15) is 0 Å². The summed E-state index contributed by atoms with van der Waals surface area (Å²) in [5.41, 5.74) is 1.18. The number of allylic oxidation sites excluding steroid dienone is 1. The molecule has 0 aliphatic rings. The van der Waals surface area contributed by atoms with Gasteiger partial charge in [0.05, 0.1) is 0 Å². The Labute approximate surface area is 101 Å². The number of rotatable bonds is 6. The Hall–Kier alpha value is -0.630. The van der Waals surface area contributed by atoms with Crippen LogP contribution in [0.4, 0.5) is 0 Å². The molecule has 15 heavy (non-hydrogen) atoms. The lowest BCUT2D eigenvalue weighted by Crippen LogP contribution is -2.02. The molecule has 0 saturated carbocycles. The molecular formula is C13H18BrN. The van der Waals surface area contributed by atoms with Crippen molar-refractivity contribution >= 4 is 15.9 Å². The summed E-state index contributed by atoms with van der Waals surface area (Å²) >= 11 is 3.35. The van der Waals surface area contributed by atoms with Crippen LogP contribution in [0.15, 0.2) is 35.5 Å². The summed E-state index contributed by atoms with van der Waals surface area (Å²) in [5, 5.41) is 0. The van der Waals surface area contributed by atoms with E-state index in [2.05, 4.69) is 46.0 Å². The van der Waals surface area contributed by atoms with Crippen LogP contribution in [0.25, 0.3) is 0 Å². The molecule has 0 amide bonds. The monoisotopic (exact) mass is 267 g/mol. The van der Waals surface area contributed by atoms with Crippen molar-refractivity contribution in [2.45, 2.75) is 32.6 Å². The fraction of sp³-hybridized carbons (Fsp3) is 0.462. The highest BCUT2D eigenvalue weighted by Crippen LogP contribution is 2.16. The molecule has 0 N–H and O–H groups in total. The third kappa shape index (κ3) is 5.12. The second-order valence-corrected chi connectivity index (χ2v) is 4.27. The number of hydrogen-bond donors (Lipinski definition) is 0. The third-order valence-corrected chi connectivity index (χ3v) is 2.78. The molecule has 0 aliphatic heterocycles. The van der Waals surface area contributed by atoms with Crippen LogP contribution in [0.1, 0.15) is 31.9 Å². The van der Waals surface area contributed by atoms with E-state index in [9.17, 15) is 0 Å². The van der Waals surface area contributed by atoms with Gasteiger partial charge in [-0.1, -0.05) is 47.8 Å². The standard InChI is InChI=1S/C13H18BrN/c1-2-3-6-12(8-9-14)11-13-7-4-5-10-15-13/h4-5,7-10,12H,2-3,6,11H2,1H3. The maximum absolute atomic E-state index is 4.36. The number of unbranched alkanes of at least 4 members (excludes halogenated alkanes) is 1. The minimum atomic E-state index is 0.610. The summed E-state index contributed by atoms with van der Waals surface area (Å²) in [6.45, 7) is 2.23. The minimum Gasteiger partial charge on any atom is -0.261 e. The Balaban J connectivity index is 2.50. The number of pyridine rings is 1. The molecule has 0 saturated heterocycles. The average Bonchev–Trinajstić information content (AvgIpc) is 2.28. The smallest absolute Gasteiger partial charge is 0.0409 e. The van der Waals surface area contributed by atoms with Gasteiger partial charge in [0, 0.05) is 11.9 Å². The van der Waals surface area contributed by atoms with Crippen molar-refractivity contribution in [3.05, 3.63) is 41.2 Å².